The van der Waals surface area contributed by atoms with Crippen LogP contribution in [0, 0.1) is 0 Å². The van der Waals surface area contributed by atoms with Gasteiger partial charge in [-0.2, -0.15) is 0 Å². The Hall–Kier alpha value is -2.29. The SMILES string of the molecule is CC(C)c1cccc(C(C)C)c1NC(=O)CN1CCCCc2ccccc21. The van der Waals surface area contributed by atoms with Crippen molar-refractivity contribution in [3.63, 3.8) is 0 Å². The molecule has 1 amide bonds. The second kappa shape index (κ2) is 8.60. The molecule has 144 valence electrons. The van der Waals surface area contributed by atoms with Gasteiger partial charge in [0.2, 0.25) is 5.91 Å². The normalized spacial score (nSPS) is 14.2. The van der Waals surface area contributed by atoms with Crippen molar-refractivity contribution < 1.29 is 4.79 Å². The zero-order chi connectivity index (χ0) is 19.4. The van der Waals surface area contributed by atoms with Crippen LogP contribution >= 0.6 is 0 Å². The lowest BCUT2D eigenvalue weighted by atomic mass is 9.92. The van der Waals surface area contributed by atoms with Crippen LogP contribution in [0.15, 0.2) is 42.5 Å². The van der Waals surface area contributed by atoms with E-state index >= 15 is 0 Å². The molecular weight excluding hydrogens is 332 g/mol. The number of nitrogens with zero attached hydrogens (tertiary/aromatic N) is 1. The number of hydrogen-bond donors (Lipinski definition) is 1. The molecule has 3 nitrogen and oxygen atoms in total. The van der Waals surface area contributed by atoms with E-state index in [0.717, 1.165) is 25.1 Å². The van der Waals surface area contributed by atoms with Gasteiger partial charge in [-0.1, -0.05) is 64.1 Å². The number of fused-ring (bicyclic) bond motifs is 1. The molecule has 0 radical (unpaired) electrons. The van der Waals surface area contributed by atoms with E-state index in [1.54, 1.807) is 0 Å². The monoisotopic (exact) mass is 364 g/mol. The molecular formula is C24H32N2O. The summed E-state index contributed by atoms with van der Waals surface area (Å²) < 4.78 is 0. The summed E-state index contributed by atoms with van der Waals surface area (Å²) in [6, 6.07) is 14.9. The lowest BCUT2D eigenvalue weighted by Gasteiger charge is -2.26. The van der Waals surface area contributed by atoms with Gasteiger partial charge in [-0.3, -0.25) is 4.79 Å². The Kier molecular flexibility index (Phi) is 6.20. The molecule has 1 N–H and O–H groups in total. The second-order valence-corrected chi connectivity index (χ2v) is 8.18. The molecule has 0 atom stereocenters. The van der Waals surface area contributed by atoms with E-state index in [0.29, 0.717) is 18.4 Å². The molecule has 0 unspecified atom stereocenters. The minimum atomic E-state index is 0.0710. The number of hydrogen-bond acceptors (Lipinski definition) is 2. The average molecular weight is 365 g/mol. The molecule has 3 heteroatoms. The first kappa shape index (κ1) is 19.5. The van der Waals surface area contributed by atoms with Gasteiger partial charge >= 0.3 is 0 Å². The van der Waals surface area contributed by atoms with E-state index in [-0.39, 0.29) is 5.91 Å². The van der Waals surface area contributed by atoms with E-state index in [4.69, 9.17) is 0 Å². The average Bonchev–Trinajstić information content (AvgIpc) is 2.84. The molecule has 2 aromatic carbocycles. The first-order chi connectivity index (χ1) is 13.0. The summed E-state index contributed by atoms with van der Waals surface area (Å²) >= 11 is 0. The van der Waals surface area contributed by atoms with Gasteiger partial charge in [-0.05, 0) is 53.9 Å². The molecule has 3 rings (SSSR count). The Morgan fingerprint density at radius 1 is 0.963 bits per heavy atom. The highest BCUT2D eigenvalue weighted by atomic mass is 16.2. The molecule has 27 heavy (non-hydrogen) atoms. The number of aryl methyl sites for hydroxylation is 1. The maximum absolute atomic E-state index is 13.0. The van der Waals surface area contributed by atoms with Gasteiger partial charge in [-0.15, -0.1) is 0 Å². The Morgan fingerprint density at radius 3 is 2.30 bits per heavy atom. The summed E-state index contributed by atoms with van der Waals surface area (Å²) in [7, 11) is 0. The standard InChI is InChI=1S/C24H32N2O/c1-17(2)20-12-9-13-21(18(3)4)24(20)25-23(27)16-26-15-8-7-11-19-10-5-6-14-22(19)26/h5-6,9-10,12-14,17-18H,7-8,11,15-16H2,1-4H3,(H,25,27). The molecule has 0 saturated heterocycles. The molecule has 0 bridgehead atoms. The lowest BCUT2D eigenvalue weighted by Crippen LogP contribution is -2.34. The van der Waals surface area contributed by atoms with Crippen molar-refractivity contribution in [3.8, 4) is 0 Å². The van der Waals surface area contributed by atoms with Crippen molar-refractivity contribution in [2.24, 2.45) is 0 Å². The molecule has 0 fully saturated rings. The van der Waals surface area contributed by atoms with Crippen LogP contribution in [-0.4, -0.2) is 19.0 Å². The third kappa shape index (κ3) is 4.52. The number of carbonyl (C=O) groups is 1. The van der Waals surface area contributed by atoms with Crippen molar-refractivity contribution in [1.29, 1.82) is 0 Å². The number of carbonyl (C=O) groups excluding carboxylic acids is 1. The molecule has 1 aliphatic heterocycles. The van der Waals surface area contributed by atoms with Gasteiger partial charge in [0, 0.05) is 17.9 Å². The van der Waals surface area contributed by atoms with Crippen molar-refractivity contribution in [3.05, 3.63) is 59.2 Å². The summed E-state index contributed by atoms with van der Waals surface area (Å²) in [6.07, 6.45) is 3.41. The molecule has 0 aliphatic carbocycles. The first-order valence-electron chi connectivity index (χ1n) is 10.2. The smallest absolute Gasteiger partial charge is 0.243 e. The number of para-hydroxylation sites is 2. The Labute approximate surface area is 163 Å². The number of rotatable bonds is 5. The van der Waals surface area contributed by atoms with E-state index in [2.05, 4.69) is 80.4 Å². The number of benzene rings is 2. The minimum Gasteiger partial charge on any atom is -0.362 e. The Morgan fingerprint density at radius 2 is 1.63 bits per heavy atom. The fraction of sp³-hybridized carbons (Fsp3) is 0.458. The zero-order valence-corrected chi connectivity index (χ0v) is 17.1. The highest BCUT2D eigenvalue weighted by Gasteiger charge is 2.20. The zero-order valence-electron chi connectivity index (χ0n) is 17.1. The molecule has 0 spiro atoms. The quantitative estimate of drug-likeness (QED) is 0.736. The fourth-order valence-corrected chi connectivity index (χ4v) is 3.98. The van der Waals surface area contributed by atoms with Gasteiger partial charge in [0.05, 0.1) is 6.54 Å². The van der Waals surface area contributed by atoms with E-state index < -0.39 is 0 Å². The fourth-order valence-electron chi connectivity index (χ4n) is 3.98. The first-order valence-corrected chi connectivity index (χ1v) is 10.2. The maximum Gasteiger partial charge on any atom is 0.243 e. The summed E-state index contributed by atoms with van der Waals surface area (Å²) in [4.78, 5) is 15.2. The Balaban J connectivity index is 1.83. The Bertz CT molecular complexity index is 768. The van der Waals surface area contributed by atoms with Crippen molar-refractivity contribution >= 4 is 17.3 Å². The van der Waals surface area contributed by atoms with Gasteiger partial charge in [-0.25, -0.2) is 0 Å². The molecule has 0 aromatic heterocycles. The van der Waals surface area contributed by atoms with Crippen LogP contribution in [0.2, 0.25) is 0 Å². The van der Waals surface area contributed by atoms with E-state index in [1.807, 2.05) is 0 Å². The van der Waals surface area contributed by atoms with E-state index in [1.165, 1.54) is 28.8 Å². The molecule has 1 heterocycles. The molecule has 0 saturated carbocycles. The lowest BCUT2D eigenvalue weighted by molar-refractivity contribution is -0.115. The van der Waals surface area contributed by atoms with Crippen LogP contribution in [0.5, 0.6) is 0 Å². The largest absolute Gasteiger partial charge is 0.362 e. The van der Waals surface area contributed by atoms with Gasteiger partial charge in [0.15, 0.2) is 0 Å². The predicted molar refractivity (Wildman–Crippen MR) is 115 cm³/mol. The van der Waals surface area contributed by atoms with Crippen LogP contribution < -0.4 is 10.2 Å². The number of nitrogens with one attached hydrogen (secondary N) is 1. The summed E-state index contributed by atoms with van der Waals surface area (Å²) in [5.41, 5.74) is 6.01. The highest BCUT2D eigenvalue weighted by molar-refractivity contribution is 5.96. The minimum absolute atomic E-state index is 0.0710. The van der Waals surface area contributed by atoms with Crippen LogP contribution in [0.1, 0.15) is 69.1 Å². The van der Waals surface area contributed by atoms with Crippen LogP contribution in [-0.2, 0) is 11.2 Å². The van der Waals surface area contributed by atoms with Crippen molar-refractivity contribution in [2.45, 2.75) is 58.8 Å². The maximum atomic E-state index is 13.0. The second-order valence-electron chi connectivity index (χ2n) is 8.18. The topological polar surface area (TPSA) is 32.3 Å². The highest BCUT2D eigenvalue weighted by Crippen LogP contribution is 2.32. The third-order valence-corrected chi connectivity index (χ3v) is 5.43. The van der Waals surface area contributed by atoms with Gasteiger partial charge < -0.3 is 10.2 Å². The summed E-state index contributed by atoms with van der Waals surface area (Å²) in [6.45, 7) is 10.1. The number of anilines is 2. The number of amides is 1. The van der Waals surface area contributed by atoms with Crippen LogP contribution in [0.3, 0.4) is 0 Å². The summed E-state index contributed by atoms with van der Waals surface area (Å²) in [5.74, 6) is 0.817. The summed E-state index contributed by atoms with van der Waals surface area (Å²) in [5, 5.41) is 3.26. The van der Waals surface area contributed by atoms with Crippen LogP contribution in [0.4, 0.5) is 11.4 Å². The van der Waals surface area contributed by atoms with Gasteiger partial charge in [0.25, 0.3) is 0 Å². The van der Waals surface area contributed by atoms with E-state index in [9.17, 15) is 4.79 Å². The van der Waals surface area contributed by atoms with Gasteiger partial charge in [0.1, 0.15) is 0 Å². The van der Waals surface area contributed by atoms with Crippen molar-refractivity contribution in [2.75, 3.05) is 23.3 Å². The van der Waals surface area contributed by atoms with Crippen LogP contribution in [0.25, 0.3) is 0 Å². The molecule has 1 aliphatic rings. The predicted octanol–water partition coefficient (Wildman–Crippen LogP) is 5.71. The third-order valence-electron chi connectivity index (χ3n) is 5.43. The molecule has 2 aromatic rings. The van der Waals surface area contributed by atoms with Crippen molar-refractivity contribution in [1.82, 2.24) is 0 Å².